The Hall–Kier alpha value is -1.19. The number of nitrogens with zero attached hydrogens (tertiary/aromatic N) is 1. The molecular formula is C12H12F4N2O2S. The van der Waals surface area contributed by atoms with Crippen molar-refractivity contribution in [2.75, 3.05) is 26.2 Å². The topological polar surface area (TPSA) is 49.4 Å². The first-order chi connectivity index (χ1) is 9.64. The molecule has 0 amide bonds. The molecule has 1 spiro atoms. The number of nitrogens with one attached hydrogen (secondary N) is 1. The fourth-order valence-corrected chi connectivity index (χ4v) is 4.30. The summed E-state index contributed by atoms with van der Waals surface area (Å²) in [5, 5.41) is 3.03. The van der Waals surface area contributed by atoms with Crippen LogP contribution in [0, 0.1) is 11.2 Å². The molecule has 2 aliphatic rings. The molecule has 1 aromatic rings. The van der Waals surface area contributed by atoms with Gasteiger partial charge < -0.3 is 5.32 Å². The maximum atomic E-state index is 13.2. The Labute approximate surface area is 118 Å². The highest BCUT2D eigenvalue weighted by atomic mass is 32.2. The molecule has 0 unspecified atom stereocenters. The van der Waals surface area contributed by atoms with Crippen LogP contribution in [-0.4, -0.2) is 38.9 Å². The van der Waals surface area contributed by atoms with Crippen molar-refractivity contribution in [3.8, 4) is 0 Å². The van der Waals surface area contributed by atoms with E-state index in [2.05, 4.69) is 5.32 Å². The van der Waals surface area contributed by atoms with Crippen LogP contribution in [0.4, 0.5) is 17.6 Å². The van der Waals surface area contributed by atoms with E-state index in [4.69, 9.17) is 0 Å². The standard InChI is InChI=1S/C12H12F4N2O2S/c13-10-2-1-8(3-9(10)12(14,15)16)21(19,20)18-6-11(7-18)4-17-5-11/h1-3,17H,4-7H2. The van der Waals surface area contributed by atoms with Crippen molar-refractivity contribution in [3.63, 3.8) is 0 Å². The quantitative estimate of drug-likeness (QED) is 0.838. The van der Waals surface area contributed by atoms with Crippen molar-refractivity contribution < 1.29 is 26.0 Å². The van der Waals surface area contributed by atoms with Gasteiger partial charge in [-0.25, -0.2) is 12.8 Å². The molecular weight excluding hydrogens is 312 g/mol. The van der Waals surface area contributed by atoms with Crippen molar-refractivity contribution in [1.82, 2.24) is 9.62 Å². The number of alkyl halides is 3. The number of hydrogen-bond donors (Lipinski definition) is 1. The fraction of sp³-hybridized carbons (Fsp3) is 0.500. The second kappa shape index (κ2) is 4.40. The Morgan fingerprint density at radius 3 is 2.29 bits per heavy atom. The Kier molecular flexibility index (Phi) is 3.09. The molecule has 0 saturated carbocycles. The molecule has 4 nitrogen and oxygen atoms in total. The molecule has 2 saturated heterocycles. The van der Waals surface area contributed by atoms with Crippen molar-refractivity contribution in [1.29, 1.82) is 0 Å². The van der Waals surface area contributed by atoms with Gasteiger partial charge in [0, 0.05) is 31.6 Å². The first-order valence-electron chi connectivity index (χ1n) is 6.22. The number of sulfonamides is 1. The predicted molar refractivity (Wildman–Crippen MR) is 65.5 cm³/mol. The van der Waals surface area contributed by atoms with E-state index in [0.29, 0.717) is 25.2 Å². The van der Waals surface area contributed by atoms with Crippen LogP contribution in [0.5, 0.6) is 0 Å². The first kappa shape index (κ1) is 14.7. The third-order valence-electron chi connectivity index (χ3n) is 3.90. The van der Waals surface area contributed by atoms with E-state index in [-0.39, 0.29) is 18.5 Å². The molecule has 2 heterocycles. The molecule has 2 fully saturated rings. The average molecular weight is 324 g/mol. The zero-order chi connectivity index (χ0) is 15.5. The van der Waals surface area contributed by atoms with Crippen LogP contribution in [0.1, 0.15) is 5.56 Å². The van der Waals surface area contributed by atoms with Gasteiger partial charge >= 0.3 is 6.18 Å². The summed E-state index contributed by atoms with van der Waals surface area (Å²) in [4.78, 5) is -0.529. The van der Waals surface area contributed by atoms with Crippen LogP contribution in [0.2, 0.25) is 0 Å². The fourth-order valence-electron chi connectivity index (χ4n) is 2.61. The Bertz CT molecular complexity index is 675. The minimum Gasteiger partial charge on any atom is -0.315 e. The highest BCUT2D eigenvalue weighted by Gasteiger charge is 2.52. The maximum Gasteiger partial charge on any atom is 0.419 e. The van der Waals surface area contributed by atoms with E-state index in [1.54, 1.807) is 0 Å². The molecule has 0 aliphatic carbocycles. The summed E-state index contributed by atoms with van der Waals surface area (Å²) in [5.74, 6) is -1.48. The van der Waals surface area contributed by atoms with Crippen LogP contribution in [0.25, 0.3) is 0 Å². The zero-order valence-corrected chi connectivity index (χ0v) is 11.6. The van der Waals surface area contributed by atoms with Gasteiger partial charge in [-0.3, -0.25) is 0 Å². The summed E-state index contributed by atoms with van der Waals surface area (Å²) in [7, 11) is -4.01. The molecule has 1 aromatic carbocycles. The summed E-state index contributed by atoms with van der Waals surface area (Å²) in [5.41, 5.74) is -1.65. The molecule has 9 heteroatoms. The number of benzene rings is 1. The second-order valence-electron chi connectivity index (χ2n) is 5.52. The lowest BCUT2D eigenvalue weighted by Crippen LogP contribution is -2.71. The van der Waals surface area contributed by atoms with E-state index >= 15 is 0 Å². The molecule has 0 radical (unpaired) electrons. The van der Waals surface area contributed by atoms with Gasteiger partial charge in [-0.15, -0.1) is 0 Å². The highest BCUT2D eigenvalue weighted by Crippen LogP contribution is 2.39. The Morgan fingerprint density at radius 2 is 1.81 bits per heavy atom. The minimum absolute atomic E-state index is 0.0834. The lowest BCUT2D eigenvalue weighted by atomic mass is 9.76. The molecule has 0 atom stereocenters. The Morgan fingerprint density at radius 1 is 1.19 bits per heavy atom. The van der Waals surface area contributed by atoms with Gasteiger partial charge in [0.05, 0.1) is 10.5 Å². The van der Waals surface area contributed by atoms with E-state index in [1.807, 2.05) is 0 Å². The van der Waals surface area contributed by atoms with Gasteiger partial charge in [-0.2, -0.15) is 17.5 Å². The van der Waals surface area contributed by atoms with Crippen molar-refractivity contribution >= 4 is 10.0 Å². The predicted octanol–water partition coefficient (Wildman–Crippen LogP) is 1.44. The van der Waals surface area contributed by atoms with E-state index in [0.717, 1.165) is 10.4 Å². The van der Waals surface area contributed by atoms with Crippen LogP contribution >= 0.6 is 0 Å². The van der Waals surface area contributed by atoms with Gasteiger partial charge in [0.2, 0.25) is 10.0 Å². The first-order valence-corrected chi connectivity index (χ1v) is 7.66. The number of halogens is 4. The van der Waals surface area contributed by atoms with E-state index in [9.17, 15) is 26.0 Å². The smallest absolute Gasteiger partial charge is 0.315 e. The summed E-state index contributed by atoms with van der Waals surface area (Å²) in [6.07, 6.45) is -4.93. The summed E-state index contributed by atoms with van der Waals surface area (Å²) < 4.78 is 76.8. The average Bonchev–Trinajstić information content (AvgIpc) is 2.23. The Balaban J connectivity index is 1.89. The third-order valence-corrected chi connectivity index (χ3v) is 5.69. The number of rotatable bonds is 2. The van der Waals surface area contributed by atoms with Crippen LogP contribution in [0.15, 0.2) is 23.1 Å². The van der Waals surface area contributed by atoms with Gasteiger partial charge in [0.15, 0.2) is 0 Å². The van der Waals surface area contributed by atoms with Crippen LogP contribution < -0.4 is 5.32 Å². The van der Waals surface area contributed by atoms with Gasteiger partial charge in [-0.05, 0) is 18.2 Å². The van der Waals surface area contributed by atoms with Crippen LogP contribution in [-0.2, 0) is 16.2 Å². The van der Waals surface area contributed by atoms with E-state index in [1.165, 1.54) is 0 Å². The monoisotopic (exact) mass is 324 g/mol. The normalized spacial score (nSPS) is 21.9. The second-order valence-corrected chi connectivity index (χ2v) is 7.45. The maximum absolute atomic E-state index is 13.2. The lowest BCUT2D eigenvalue weighted by molar-refractivity contribution is -0.140. The van der Waals surface area contributed by atoms with Crippen molar-refractivity contribution in [2.24, 2.45) is 5.41 Å². The molecule has 21 heavy (non-hydrogen) atoms. The molecule has 116 valence electrons. The molecule has 0 bridgehead atoms. The van der Waals surface area contributed by atoms with Gasteiger partial charge in [0.25, 0.3) is 0 Å². The summed E-state index contributed by atoms with van der Waals surface area (Å²) in [6.45, 7) is 1.97. The summed E-state index contributed by atoms with van der Waals surface area (Å²) >= 11 is 0. The van der Waals surface area contributed by atoms with Crippen molar-refractivity contribution in [2.45, 2.75) is 11.1 Å². The van der Waals surface area contributed by atoms with Gasteiger partial charge in [-0.1, -0.05) is 0 Å². The molecule has 0 aromatic heterocycles. The summed E-state index contributed by atoms with van der Waals surface area (Å²) in [6, 6.07) is 1.76. The van der Waals surface area contributed by atoms with Crippen molar-refractivity contribution in [3.05, 3.63) is 29.6 Å². The molecule has 3 rings (SSSR count). The molecule has 2 aliphatic heterocycles. The minimum atomic E-state index is -4.93. The SMILES string of the molecule is O=S(=O)(c1ccc(F)c(C(F)(F)F)c1)N1CC2(CNC2)C1. The highest BCUT2D eigenvalue weighted by molar-refractivity contribution is 7.89. The number of hydrogen-bond acceptors (Lipinski definition) is 3. The third kappa shape index (κ3) is 2.33. The van der Waals surface area contributed by atoms with Gasteiger partial charge in [0.1, 0.15) is 5.82 Å². The zero-order valence-electron chi connectivity index (χ0n) is 10.7. The molecule has 1 N–H and O–H groups in total. The van der Waals surface area contributed by atoms with Crippen LogP contribution in [0.3, 0.4) is 0 Å². The largest absolute Gasteiger partial charge is 0.419 e. The van der Waals surface area contributed by atoms with E-state index < -0.39 is 32.5 Å². The lowest BCUT2D eigenvalue weighted by Gasteiger charge is -2.55.